The van der Waals surface area contributed by atoms with Gasteiger partial charge in [0.05, 0.1) is 0 Å². The molecule has 4 aromatic rings. The molecule has 1 nitrogen and oxygen atoms in total. The Balaban J connectivity index is 2.06. The molecule has 0 radical (unpaired) electrons. The quantitative estimate of drug-likeness (QED) is 0.331. The van der Waals surface area contributed by atoms with Crippen molar-refractivity contribution in [3.63, 3.8) is 0 Å². The van der Waals surface area contributed by atoms with Crippen molar-refractivity contribution in [2.24, 2.45) is 0 Å². The molecule has 106 valence electrons. The predicted octanol–water partition coefficient (Wildman–Crippen LogP) is 5.93. The highest BCUT2D eigenvalue weighted by Gasteiger charge is 2.22. The van der Waals surface area contributed by atoms with Crippen molar-refractivity contribution in [2.45, 2.75) is 6.92 Å². The molecule has 0 bridgehead atoms. The van der Waals surface area contributed by atoms with Gasteiger partial charge in [-0.05, 0) is 55.5 Å². The van der Waals surface area contributed by atoms with Crippen LogP contribution in [0.25, 0.3) is 25.1 Å². The lowest BCUT2D eigenvalue weighted by Gasteiger charge is -1.96. The van der Waals surface area contributed by atoms with Crippen molar-refractivity contribution >= 4 is 36.4 Å². The van der Waals surface area contributed by atoms with Crippen LogP contribution in [0.1, 0.15) is 17.3 Å². The first-order chi connectivity index (χ1) is 10.8. The van der Waals surface area contributed by atoms with Crippen LogP contribution in [0.15, 0.2) is 72.8 Å². The molecule has 1 heterocycles. The standard InChI is InChI=1S/C20H15OS/c1-14(21)15-10-12-16(13-11-15)22-19-8-4-2-6-17(19)18-7-3-5-9-20(18)22/h2-13H,1H3/q+1. The fourth-order valence-corrected chi connectivity index (χ4v) is 5.31. The molecule has 4 rings (SSSR count). The van der Waals surface area contributed by atoms with Gasteiger partial charge >= 0.3 is 0 Å². The Morgan fingerprint density at radius 3 is 1.73 bits per heavy atom. The SMILES string of the molecule is CC(=O)c1ccc(-[s+]2c3ccccc3c3ccccc32)cc1. The van der Waals surface area contributed by atoms with Crippen LogP contribution >= 0.6 is 10.5 Å². The number of carbonyl (C=O) groups is 1. The van der Waals surface area contributed by atoms with E-state index in [1.54, 1.807) is 6.92 Å². The summed E-state index contributed by atoms with van der Waals surface area (Å²) in [6.07, 6.45) is 0. The topological polar surface area (TPSA) is 17.1 Å². The summed E-state index contributed by atoms with van der Waals surface area (Å²) in [7, 11) is -0.0734. The minimum absolute atomic E-state index is 0.0734. The summed E-state index contributed by atoms with van der Waals surface area (Å²) < 4.78 is 2.75. The number of thiophene rings is 1. The van der Waals surface area contributed by atoms with E-state index >= 15 is 0 Å². The second-order valence-electron chi connectivity index (χ2n) is 5.38. The summed E-state index contributed by atoms with van der Waals surface area (Å²) >= 11 is 0. The van der Waals surface area contributed by atoms with Crippen LogP contribution in [0.4, 0.5) is 0 Å². The van der Waals surface area contributed by atoms with Gasteiger partial charge in [-0.1, -0.05) is 24.3 Å². The summed E-state index contributed by atoms with van der Waals surface area (Å²) in [6, 6.07) is 25.3. The number of rotatable bonds is 2. The number of ketones is 1. The van der Waals surface area contributed by atoms with E-state index in [2.05, 4.69) is 60.7 Å². The first-order valence-electron chi connectivity index (χ1n) is 7.29. The van der Waals surface area contributed by atoms with Crippen LogP contribution in [-0.4, -0.2) is 5.78 Å². The van der Waals surface area contributed by atoms with E-state index in [0.717, 1.165) is 5.56 Å². The minimum atomic E-state index is -0.0734. The summed E-state index contributed by atoms with van der Waals surface area (Å²) in [5, 5.41) is 2.66. The minimum Gasteiger partial charge on any atom is -0.295 e. The Morgan fingerprint density at radius 2 is 1.23 bits per heavy atom. The Hall–Kier alpha value is -2.45. The largest absolute Gasteiger partial charge is 0.295 e. The van der Waals surface area contributed by atoms with Gasteiger partial charge in [0.25, 0.3) is 0 Å². The van der Waals surface area contributed by atoms with Gasteiger partial charge in [0, 0.05) is 26.8 Å². The van der Waals surface area contributed by atoms with Crippen LogP contribution in [0.3, 0.4) is 0 Å². The lowest BCUT2D eigenvalue weighted by Crippen LogP contribution is -1.89. The molecule has 0 aliphatic rings. The van der Waals surface area contributed by atoms with Gasteiger partial charge in [0.1, 0.15) is 0 Å². The van der Waals surface area contributed by atoms with E-state index < -0.39 is 0 Å². The second-order valence-corrected chi connectivity index (χ2v) is 7.34. The van der Waals surface area contributed by atoms with Crippen LogP contribution < -0.4 is 0 Å². The molecule has 1 aromatic heterocycles. The van der Waals surface area contributed by atoms with E-state index in [4.69, 9.17) is 0 Å². The van der Waals surface area contributed by atoms with Crippen LogP contribution in [-0.2, 0) is 0 Å². The summed E-state index contributed by atoms with van der Waals surface area (Å²) in [5.41, 5.74) is 0.771. The number of fused-ring (bicyclic) bond motifs is 3. The normalized spacial score (nSPS) is 11.1. The first kappa shape index (κ1) is 13.2. The molecule has 3 aromatic carbocycles. The third-order valence-electron chi connectivity index (χ3n) is 4.00. The molecular weight excluding hydrogens is 288 g/mol. The number of hydrogen-bond acceptors (Lipinski definition) is 1. The Labute approximate surface area is 131 Å². The van der Waals surface area contributed by atoms with Gasteiger partial charge in [0.15, 0.2) is 20.1 Å². The molecular formula is C20H15OS+. The zero-order valence-corrected chi connectivity index (χ0v) is 13.1. The number of carbonyl (C=O) groups excluding carboxylic acids is 1. The van der Waals surface area contributed by atoms with Crippen LogP contribution in [0, 0.1) is 0 Å². The van der Waals surface area contributed by atoms with Gasteiger partial charge in [-0.25, -0.2) is 0 Å². The highest BCUT2D eigenvalue weighted by atomic mass is 32.2. The Kier molecular flexibility index (Phi) is 3.05. The Bertz CT molecular complexity index is 940. The van der Waals surface area contributed by atoms with Gasteiger partial charge in [-0.3, -0.25) is 4.79 Å². The van der Waals surface area contributed by atoms with Crippen LogP contribution in [0.5, 0.6) is 0 Å². The van der Waals surface area contributed by atoms with Gasteiger partial charge < -0.3 is 0 Å². The van der Waals surface area contributed by atoms with Crippen molar-refractivity contribution in [1.29, 1.82) is 0 Å². The van der Waals surface area contributed by atoms with Crippen molar-refractivity contribution < 1.29 is 4.79 Å². The maximum Gasteiger partial charge on any atom is 0.187 e. The average molecular weight is 303 g/mol. The number of benzene rings is 3. The van der Waals surface area contributed by atoms with E-state index in [9.17, 15) is 4.79 Å². The first-order valence-corrected chi connectivity index (χ1v) is 8.52. The van der Waals surface area contributed by atoms with Gasteiger partial charge in [-0.15, -0.1) is 0 Å². The fraction of sp³-hybridized carbons (Fsp3) is 0.0500. The maximum atomic E-state index is 11.5. The van der Waals surface area contributed by atoms with Crippen molar-refractivity contribution in [1.82, 2.24) is 0 Å². The van der Waals surface area contributed by atoms with E-state index in [1.807, 2.05) is 12.1 Å². The third-order valence-corrected chi connectivity index (χ3v) is 6.34. The lowest BCUT2D eigenvalue weighted by atomic mass is 10.2. The molecule has 0 fully saturated rings. The molecule has 0 N–H and O–H groups in total. The van der Waals surface area contributed by atoms with Gasteiger partial charge in [0.2, 0.25) is 0 Å². The number of Topliss-reactive ketones (excluding diaryl/α,β-unsaturated/α-hetero) is 1. The Morgan fingerprint density at radius 1 is 0.727 bits per heavy atom. The average Bonchev–Trinajstić information content (AvgIpc) is 2.89. The van der Waals surface area contributed by atoms with E-state index in [0.29, 0.717) is 0 Å². The maximum absolute atomic E-state index is 11.5. The lowest BCUT2D eigenvalue weighted by molar-refractivity contribution is 0.101. The molecule has 22 heavy (non-hydrogen) atoms. The monoisotopic (exact) mass is 303 g/mol. The molecule has 0 saturated carbocycles. The molecule has 0 aliphatic carbocycles. The van der Waals surface area contributed by atoms with E-state index in [-0.39, 0.29) is 16.3 Å². The molecule has 0 unspecified atom stereocenters. The zero-order chi connectivity index (χ0) is 15.1. The van der Waals surface area contributed by atoms with E-state index in [1.165, 1.54) is 25.1 Å². The molecule has 0 amide bonds. The van der Waals surface area contributed by atoms with Crippen LogP contribution in [0.2, 0.25) is 0 Å². The molecule has 0 aliphatic heterocycles. The highest BCUT2D eigenvalue weighted by Crippen LogP contribution is 2.47. The number of hydrogen-bond donors (Lipinski definition) is 0. The predicted molar refractivity (Wildman–Crippen MR) is 95.3 cm³/mol. The summed E-state index contributed by atoms with van der Waals surface area (Å²) in [6.45, 7) is 1.61. The molecule has 0 atom stereocenters. The van der Waals surface area contributed by atoms with Crippen molar-refractivity contribution in [2.75, 3.05) is 0 Å². The second kappa shape index (κ2) is 5.08. The summed E-state index contributed by atoms with van der Waals surface area (Å²) in [5.74, 6) is 0.113. The van der Waals surface area contributed by atoms with Crippen molar-refractivity contribution in [3.8, 4) is 4.90 Å². The molecule has 2 heteroatoms. The summed E-state index contributed by atoms with van der Waals surface area (Å²) in [4.78, 5) is 12.7. The smallest absolute Gasteiger partial charge is 0.187 e. The van der Waals surface area contributed by atoms with Gasteiger partial charge in [-0.2, -0.15) is 0 Å². The molecule has 0 saturated heterocycles. The highest BCUT2D eigenvalue weighted by molar-refractivity contribution is 7.50. The fourth-order valence-electron chi connectivity index (χ4n) is 2.93. The zero-order valence-electron chi connectivity index (χ0n) is 12.2. The van der Waals surface area contributed by atoms with Crippen molar-refractivity contribution in [3.05, 3.63) is 78.4 Å². The molecule has 0 spiro atoms. The third kappa shape index (κ3) is 1.96.